The molecule has 4 heterocycles. The minimum atomic E-state index is -0.961. The molecule has 2 aliphatic heterocycles. The van der Waals surface area contributed by atoms with Crippen LogP contribution in [0.2, 0.25) is 0 Å². The van der Waals surface area contributed by atoms with Crippen LogP contribution >= 0.6 is 0 Å². The fraction of sp³-hybridized carbons (Fsp3) is 0.551. The molecule has 0 bridgehead atoms. The first kappa shape index (κ1) is 49.4. The molecule has 15 nitrogen and oxygen atoms in total. The van der Waals surface area contributed by atoms with Crippen molar-refractivity contribution in [3.05, 3.63) is 59.2 Å². The number of H-pyrrole nitrogens is 2. The van der Waals surface area contributed by atoms with Crippen molar-refractivity contribution in [2.75, 3.05) is 13.1 Å². The summed E-state index contributed by atoms with van der Waals surface area (Å²) in [5.74, 6) is -2.99. The maximum Gasteiger partial charge on any atom is 0.408 e. The third-order valence-corrected chi connectivity index (χ3v) is 12.0. The fourth-order valence-corrected chi connectivity index (χ4v) is 9.35. The molecule has 2 saturated heterocycles. The Hall–Kier alpha value is -6.00. The topological polar surface area (TPSA) is 192 Å². The Balaban J connectivity index is 1.43. The molecular weight excluding hydrogens is 855 g/mol. The summed E-state index contributed by atoms with van der Waals surface area (Å²) in [5, 5.41) is 6.92. The maximum absolute atomic E-state index is 15.0. The van der Waals surface area contributed by atoms with Crippen LogP contribution in [0, 0.1) is 17.0 Å². The van der Waals surface area contributed by atoms with Crippen molar-refractivity contribution in [3.63, 3.8) is 0 Å². The lowest BCUT2D eigenvalue weighted by Crippen LogP contribution is -2.51. The molecule has 2 fully saturated rings. The number of likely N-dealkylation sites (tertiary alicyclic amines) is 2. The summed E-state index contributed by atoms with van der Waals surface area (Å²) >= 11 is 0. The molecule has 6 rings (SSSR count). The maximum atomic E-state index is 15.0. The Morgan fingerprint density at radius 2 is 1.12 bits per heavy atom. The molecule has 2 aliphatic rings. The molecule has 0 radical (unpaired) electrons. The van der Waals surface area contributed by atoms with Gasteiger partial charge >= 0.3 is 18.0 Å². The molecule has 358 valence electrons. The molecule has 6 atom stereocenters. The standard InChI is InChI=1S/C49H64F2N6O9/c1-11-38(52-42(60)23-48(5,6)7)45(61)56-24-32(64-26(3)58)19-30(56)21-36-34-15-13-28(50)17-40(34)53-43(36)44-37(35-16-14-29(51)18-41(35)54-44)22-31-20-33(65-27(4)59)25-57(31)46(62)39(12-2)55-47(63)66-49(8,9)10/h13-18,30-33,38-39,53-54H,11-12,19-25H2,1-10H3,(H,52,60)(H,55,63)/t30-,31-,32-,33-,38-,39-/m0/s1. The number of nitrogens with zero attached hydrogens (tertiary/aromatic N) is 2. The minimum Gasteiger partial charge on any atom is -0.461 e. The molecule has 4 N–H and O–H groups in total. The Morgan fingerprint density at radius 1 is 0.697 bits per heavy atom. The quantitative estimate of drug-likeness (QED) is 0.0738. The summed E-state index contributed by atoms with van der Waals surface area (Å²) in [6.45, 7) is 17.3. The largest absolute Gasteiger partial charge is 0.461 e. The molecular formula is C49H64F2N6O9. The average molecular weight is 919 g/mol. The number of benzene rings is 2. The third-order valence-electron chi connectivity index (χ3n) is 12.0. The monoisotopic (exact) mass is 918 g/mol. The van der Waals surface area contributed by atoms with Crippen molar-refractivity contribution in [1.82, 2.24) is 30.4 Å². The first-order valence-electron chi connectivity index (χ1n) is 22.8. The van der Waals surface area contributed by atoms with Crippen LogP contribution in [-0.4, -0.2) is 111 Å². The predicted molar refractivity (Wildman–Crippen MR) is 244 cm³/mol. The van der Waals surface area contributed by atoms with E-state index in [1.54, 1.807) is 49.6 Å². The van der Waals surface area contributed by atoms with Gasteiger partial charge in [0.1, 0.15) is 41.5 Å². The number of aromatic nitrogens is 2. The molecule has 0 saturated carbocycles. The lowest BCUT2D eigenvalue weighted by molar-refractivity contribution is -0.147. The van der Waals surface area contributed by atoms with E-state index in [-0.39, 0.29) is 68.8 Å². The number of fused-ring (bicyclic) bond motifs is 2. The Labute approximate surface area is 384 Å². The number of halogens is 2. The van der Waals surface area contributed by atoms with Crippen molar-refractivity contribution in [2.24, 2.45) is 5.41 Å². The summed E-state index contributed by atoms with van der Waals surface area (Å²) in [7, 11) is 0. The first-order chi connectivity index (χ1) is 30.9. The second-order valence-electron chi connectivity index (χ2n) is 19.8. The zero-order valence-electron chi connectivity index (χ0n) is 39.6. The molecule has 4 amide bonds. The van der Waals surface area contributed by atoms with Crippen molar-refractivity contribution >= 4 is 57.6 Å². The smallest absolute Gasteiger partial charge is 0.408 e. The lowest BCUT2D eigenvalue weighted by atomic mass is 9.91. The third kappa shape index (κ3) is 11.9. The van der Waals surface area contributed by atoms with E-state index in [4.69, 9.17) is 14.2 Å². The van der Waals surface area contributed by atoms with E-state index in [0.717, 1.165) is 0 Å². The van der Waals surface area contributed by atoms with Crippen molar-refractivity contribution in [2.45, 2.75) is 156 Å². The number of alkyl carbamates (subject to hydrolysis) is 1. The highest BCUT2D eigenvalue weighted by atomic mass is 19.1. The van der Waals surface area contributed by atoms with Crippen LogP contribution in [0.4, 0.5) is 13.6 Å². The van der Waals surface area contributed by atoms with E-state index >= 15 is 8.78 Å². The molecule has 0 unspecified atom stereocenters. The average Bonchev–Trinajstić information content (AvgIpc) is 3.96. The second kappa shape index (κ2) is 19.8. The lowest BCUT2D eigenvalue weighted by Gasteiger charge is -2.30. The van der Waals surface area contributed by atoms with Crippen LogP contribution in [-0.2, 0) is 51.0 Å². The number of esters is 2. The van der Waals surface area contributed by atoms with E-state index in [1.807, 2.05) is 27.7 Å². The van der Waals surface area contributed by atoms with Gasteiger partial charge in [-0.2, -0.15) is 0 Å². The van der Waals surface area contributed by atoms with Gasteiger partial charge < -0.3 is 44.6 Å². The molecule has 2 aromatic carbocycles. The van der Waals surface area contributed by atoms with Crippen molar-refractivity contribution in [3.8, 4) is 11.4 Å². The normalized spacial score (nSPS) is 19.8. The van der Waals surface area contributed by atoms with Crippen molar-refractivity contribution < 1.29 is 51.8 Å². The summed E-state index contributed by atoms with van der Waals surface area (Å²) < 4.78 is 46.8. The van der Waals surface area contributed by atoms with Gasteiger partial charge in [0.2, 0.25) is 17.7 Å². The van der Waals surface area contributed by atoms with Crippen LogP contribution in [0.25, 0.3) is 33.2 Å². The van der Waals surface area contributed by atoms with Gasteiger partial charge in [0.15, 0.2) is 0 Å². The molecule has 66 heavy (non-hydrogen) atoms. The number of hydrogen-bond acceptors (Lipinski definition) is 9. The van der Waals surface area contributed by atoms with E-state index in [9.17, 15) is 28.8 Å². The summed E-state index contributed by atoms with van der Waals surface area (Å²) in [6, 6.07) is 5.78. The summed E-state index contributed by atoms with van der Waals surface area (Å²) in [5.41, 5.74) is 2.21. The van der Waals surface area contributed by atoms with E-state index in [2.05, 4.69) is 20.6 Å². The van der Waals surface area contributed by atoms with Gasteiger partial charge in [-0.15, -0.1) is 0 Å². The number of carbonyl (C=O) groups excluding carboxylic acids is 6. The van der Waals surface area contributed by atoms with Crippen LogP contribution in [0.5, 0.6) is 0 Å². The Kier molecular flexibility index (Phi) is 14.9. The van der Waals surface area contributed by atoms with Gasteiger partial charge in [-0.1, -0.05) is 34.6 Å². The van der Waals surface area contributed by atoms with E-state index in [0.29, 0.717) is 50.7 Å². The van der Waals surface area contributed by atoms with Crippen LogP contribution in [0.3, 0.4) is 0 Å². The number of nitrogens with one attached hydrogen (secondary N) is 4. The number of aromatic amines is 2. The number of hydrogen-bond donors (Lipinski definition) is 4. The first-order valence-corrected chi connectivity index (χ1v) is 22.8. The molecule has 4 aromatic rings. The SMILES string of the molecule is CC[C@H](NC(=O)CC(C)(C)C)C(=O)N1C[C@@H](OC(C)=O)C[C@H]1Cc1c(-c2[nH]c3cc(F)ccc3c2C[C@@H]2C[C@H](OC(C)=O)CN2C(=O)[C@H](CC)NC(=O)OC(C)(C)C)[nH]c2cc(F)ccc12. The number of carbonyl (C=O) groups is 6. The van der Waals surface area contributed by atoms with E-state index in [1.165, 1.54) is 38.1 Å². The molecule has 2 aromatic heterocycles. The van der Waals surface area contributed by atoms with Crippen molar-refractivity contribution in [1.29, 1.82) is 0 Å². The second-order valence-corrected chi connectivity index (χ2v) is 19.8. The van der Waals surface area contributed by atoms with Gasteiger partial charge in [0, 0.05) is 67.0 Å². The number of rotatable bonds is 14. The van der Waals surface area contributed by atoms with Gasteiger partial charge in [-0.3, -0.25) is 24.0 Å². The Bertz CT molecular complexity index is 2320. The zero-order chi connectivity index (χ0) is 48.4. The highest BCUT2D eigenvalue weighted by molar-refractivity contribution is 5.96. The summed E-state index contributed by atoms with van der Waals surface area (Å²) in [4.78, 5) is 89.5. The van der Waals surface area contributed by atoms with Gasteiger partial charge in [0.25, 0.3) is 0 Å². The van der Waals surface area contributed by atoms with Gasteiger partial charge in [0.05, 0.1) is 24.5 Å². The predicted octanol–water partition coefficient (Wildman–Crippen LogP) is 7.38. The highest BCUT2D eigenvalue weighted by Crippen LogP contribution is 2.40. The zero-order valence-corrected chi connectivity index (χ0v) is 39.6. The van der Waals surface area contributed by atoms with Crippen LogP contribution < -0.4 is 10.6 Å². The number of amides is 4. The molecule has 0 aliphatic carbocycles. The van der Waals surface area contributed by atoms with Crippen LogP contribution in [0.15, 0.2) is 36.4 Å². The highest BCUT2D eigenvalue weighted by Gasteiger charge is 2.43. The number of ether oxygens (including phenoxy) is 3. The minimum absolute atomic E-state index is 0.0588. The van der Waals surface area contributed by atoms with Gasteiger partial charge in [-0.05, 0) is 99.4 Å². The molecule has 17 heteroatoms. The van der Waals surface area contributed by atoms with E-state index < -0.39 is 77.5 Å². The fourth-order valence-electron chi connectivity index (χ4n) is 9.35. The van der Waals surface area contributed by atoms with Crippen LogP contribution in [0.1, 0.15) is 112 Å². The molecule has 0 spiro atoms. The Morgan fingerprint density at radius 3 is 1.50 bits per heavy atom. The summed E-state index contributed by atoms with van der Waals surface area (Å²) in [6.07, 6.45) is -0.346. The van der Waals surface area contributed by atoms with Gasteiger partial charge in [-0.25, -0.2) is 13.6 Å².